The molecule has 0 aromatic heterocycles. The van der Waals surface area contributed by atoms with Gasteiger partial charge in [-0.3, -0.25) is 0 Å². The fraction of sp³-hybridized carbons (Fsp3) is 0.417. The minimum Gasteiger partial charge on any atom is -0.465 e. The summed E-state index contributed by atoms with van der Waals surface area (Å²) in [6.07, 6.45) is 2.43. The molecule has 0 bridgehead atoms. The normalized spacial score (nSPS) is 15.8. The van der Waals surface area contributed by atoms with E-state index in [1.54, 1.807) is 24.1 Å². The van der Waals surface area contributed by atoms with E-state index in [1.165, 1.54) is 20.0 Å². The van der Waals surface area contributed by atoms with Gasteiger partial charge in [-0.05, 0) is 43.0 Å². The summed E-state index contributed by atoms with van der Waals surface area (Å²) in [6, 6.07) is 5.48. The molecule has 1 fully saturated rings. The summed E-state index contributed by atoms with van der Waals surface area (Å²) in [5.41, 5.74) is 1.44. The molecule has 0 radical (unpaired) electrons. The van der Waals surface area contributed by atoms with Crippen LogP contribution in [0.4, 0.5) is 5.69 Å². The van der Waals surface area contributed by atoms with Crippen LogP contribution < -0.4 is 4.31 Å². The van der Waals surface area contributed by atoms with E-state index in [1.807, 2.05) is 6.07 Å². The van der Waals surface area contributed by atoms with Crippen LogP contribution >= 0.6 is 23.5 Å². The Kier molecular flexibility index (Phi) is 4.18. The van der Waals surface area contributed by atoms with E-state index in [0.717, 1.165) is 18.0 Å². The lowest BCUT2D eigenvalue weighted by Gasteiger charge is -2.27. The number of anilines is 1. The predicted octanol–water partition coefficient (Wildman–Crippen LogP) is 3.38. The Morgan fingerprint density at radius 2 is 2.29 bits per heavy atom. The third kappa shape index (κ3) is 2.87. The third-order valence-corrected chi connectivity index (χ3v) is 4.15. The Labute approximate surface area is 110 Å². The highest BCUT2D eigenvalue weighted by molar-refractivity contribution is 8.00. The molecular formula is C12H14ClNO2S. The SMILES string of the molecule is COC(=O)c1cc(N2CCCCS2)ccc1Cl. The number of carbonyl (C=O) groups excluding carboxylic acids is 1. The molecule has 1 heterocycles. The van der Waals surface area contributed by atoms with Gasteiger partial charge >= 0.3 is 5.97 Å². The minimum atomic E-state index is -0.390. The number of methoxy groups -OCH3 is 1. The average Bonchev–Trinajstić information content (AvgIpc) is 2.39. The molecule has 0 spiro atoms. The number of carbonyl (C=O) groups is 1. The first kappa shape index (κ1) is 12.6. The van der Waals surface area contributed by atoms with Crippen molar-refractivity contribution in [2.75, 3.05) is 23.7 Å². The molecule has 1 aromatic carbocycles. The van der Waals surface area contributed by atoms with E-state index in [9.17, 15) is 4.79 Å². The first-order chi connectivity index (χ1) is 8.22. The number of rotatable bonds is 2. The van der Waals surface area contributed by atoms with Crippen LogP contribution in [0.25, 0.3) is 0 Å². The Morgan fingerprint density at radius 3 is 2.94 bits per heavy atom. The Bertz CT molecular complexity index is 419. The zero-order valence-electron chi connectivity index (χ0n) is 9.61. The molecule has 1 aliphatic heterocycles. The van der Waals surface area contributed by atoms with Crippen molar-refractivity contribution in [2.45, 2.75) is 12.8 Å². The van der Waals surface area contributed by atoms with E-state index >= 15 is 0 Å². The summed E-state index contributed by atoms with van der Waals surface area (Å²) < 4.78 is 6.91. The molecule has 0 N–H and O–H groups in total. The van der Waals surface area contributed by atoms with Crippen molar-refractivity contribution in [2.24, 2.45) is 0 Å². The number of nitrogens with zero attached hydrogens (tertiary/aromatic N) is 1. The summed E-state index contributed by atoms with van der Waals surface area (Å²) in [5.74, 6) is 0.731. The van der Waals surface area contributed by atoms with Crippen molar-refractivity contribution >= 4 is 35.2 Å². The third-order valence-electron chi connectivity index (χ3n) is 2.65. The molecule has 0 saturated carbocycles. The molecule has 3 nitrogen and oxygen atoms in total. The molecule has 1 saturated heterocycles. The smallest absolute Gasteiger partial charge is 0.339 e. The van der Waals surface area contributed by atoms with Crippen LogP contribution in [0.15, 0.2) is 18.2 Å². The molecule has 5 heteroatoms. The molecule has 0 amide bonds. The number of hydrogen-bond acceptors (Lipinski definition) is 4. The molecule has 1 aromatic rings. The van der Waals surface area contributed by atoms with Crippen LogP contribution in [0.5, 0.6) is 0 Å². The van der Waals surface area contributed by atoms with E-state index in [2.05, 4.69) is 4.31 Å². The van der Waals surface area contributed by atoms with Gasteiger partial charge in [0.2, 0.25) is 0 Å². The summed E-state index contributed by atoms with van der Waals surface area (Å²) in [7, 11) is 1.36. The lowest BCUT2D eigenvalue weighted by atomic mass is 10.2. The van der Waals surface area contributed by atoms with Crippen LogP contribution in [0.2, 0.25) is 5.02 Å². The highest BCUT2D eigenvalue weighted by Gasteiger charge is 2.16. The van der Waals surface area contributed by atoms with E-state index < -0.39 is 0 Å². The number of esters is 1. The van der Waals surface area contributed by atoms with Gasteiger partial charge in [0.1, 0.15) is 0 Å². The quantitative estimate of drug-likeness (QED) is 0.609. The van der Waals surface area contributed by atoms with Crippen molar-refractivity contribution in [3.8, 4) is 0 Å². The highest BCUT2D eigenvalue weighted by Crippen LogP contribution is 2.30. The van der Waals surface area contributed by atoms with Crippen LogP contribution in [0.1, 0.15) is 23.2 Å². The number of halogens is 1. The van der Waals surface area contributed by atoms with E-state index in [-0.39, 0.29) is 5.97 Å². The maximum absolute atomic E-state index is 11.5. The van der Waals surface area contributed by atoms with Gasteiger partial charge in [-0.25, -0.2) is 4.79 Å². The van der Waals surface area contributed by atoms with Crippen molar-refractivity contribution in [1.29, 1.82) is 0 Å². The second kappa shape index (κ2) is 5.65. The topological polar surface area (TPSA) is 29.5 Å². The molecule has 0 unspecified atom stereocenters. The lowest BCUT2D eigenvalue weighted by molar-refractivity contribution is 0.0601. The summed E-state index contributed by atoms with van der Waals surface area (Å²) in [5, 5.41) is 0.433. The van der Waals surface area contributed by atoms with Crippen molar-refractivity contribution in [1.82, 2.24) is 0 Å². The van der Waals surface area contributed by atoms with Crippen LogP contribution in [-0.2, 0) is 4.74 Å². The summed E-state index contributed by atoms with van der Waals surface area (Å²) in [4.78, 5) is 11.5. The number of ether oxygens (including phenoxy) is 1. The Morgan fingerprint density at radius 1 is 1.47 bits per heavy atom. The highest BCUT2D eigenvalue weighted by atomic mass is 35.5. The van der Waals surface area contributed by atoms with Gasteiger partial charge in [0.05, 0.1) is 17.7 Å². The standard InChI is InChI=1S/C12H14ClNO2S/c1-16-12(15)10-8-9(4-5-11(10)13)14-6-2-3-7-17-14/h4-5,8H,2-3,6-7H2,1H3. The van der Waals surface area contributed by atoms with Crippen molar-refractivity contribution in [3.63, 3.8) is 0 Å². The second-order valence-electron chi connectivity index (χ2n) is 3.80. The van der Waals surface area contributed by atoms with Gasteiger partial charge in [0.15, 0.2) is 0 Å². The maximum atomic E-state index is 11.5. The monoisotopic (exact) mass is 271 g/mol. The molecular weight excluding hydrogens is 258 g/mol. The van der Waals surface area contributed by atoms with Gasteiger partial charge in [-0.15, -0.1) is 0 Å². The van der Waals surface area contributed by atoms with Crippen molar-refractivity contribution in [3.05, 3.63) is 28.8 Å². The average molecular weight is 272 g/mol. The van der Waals surface area contributed by atoms with Gasteiger partial charge < -0.3 is 9.04 Å². The second-order valence-corrected chi connectivity index (χ2v) is 5.31. The van der Waals surface area contributed by atoms with Crippen LogP contribution in [-0.4, -0.2) is 25.4 Å². The zero-order chi connectivity index (χ0) is 12.3. The zero-order valence-corrected chi connectivity index (χ0v) is 11.2. The Hall–Kier alpha value is -0.870. The first-order valence-corrected chi connectivity index (χ1v) is 6.83. The van der Waals surface area contributed by atoms with Gasteiger partial charge in [-0.1, -0.05) is 11.6 Å². The summed E-state index contributed by atoms with van der Waals surface area (Å²) >= 11 is 7.77. The van der Waals surface area contributed by atoms with Crippen LogP contribution in [0, 0.1) is 0 Å². The summed E-state index contributed by atoms with van der Waals surface area (Å²) in [6.45, 7) is 1.01. The van der Waals surface area contributed by atoms with Gasteiger partial charge in [-0.2, -0.15) is 0 Å². The predicted molar refractivity (Wildman–Crippen MR) is 71.8 cm³/mol. The van der Waals surface area contributed by atoms with E-state index in [0.29, 0.717) is 10.6 Å². The molecule has 0 atom stereocenters. The van der Waals surface area contributed by atoms with Crippen LogP contribution in [0.3, 0.4) is 0 Å². The number of benzene rings is 1. The lowest BCUT2D eigenvalue weighted by Crippen LogP contribution is -2.21. The fourth-order valence-corrected chi connectivity index (χ4v) is 3.00. The Balaban J connectivity index is 2.26. The van der Waals surface area contributed by atoms with E-state index in [4.69, 9.17) is 16.3 Å². The van der Waals surface area contributed by atoms with Gasteiger partial charge in [0, 0.05) is 18.0 Å². The molecule has 2 rings (SSSR count). The molecule has 1 aliphatic rings. The maximum Gasteiger partial charge on any atom is 0.339 e. The minimum absolute atomic E-state index is 0.390. The molecule has 17 heavy (non-hydrogen) atoms. The molecule has 92 valence electrons. The van der Waals surface area contributed by atoms with Gasteiger partial charge in [0.25, 0.3) is 0 Å². The first-order valence-electron chi connectivity index (χ1n) is 5.50. The molecule has 0 aliphatic carbocycles. The largest absolute Gasteiger partial charge is 0.465 e. The number of hydrogen-bond donors (Lipinski definition) is 0. The fourth-order valence-electron chi connectivity index (χ4n) is 1.74. The van der Waals surface area contributed by atoms with Crippen molar-refractivity contribution < 1.29 is 9.53 Å².